The van der Waals surface area contributed by atoms with Gasteiger partial charge < -0.3 is 16.4 Å². The van der Waals surface area contributed by atoms with E-state index in [4.69, 9.17) is 5.73 Å². The van der Waals surface area contributed by atoms with E-state index in [1.165, 1.54) is 6.33 Å². The topological polar surface area (TPSA) is 92.9 Å². The van der Waals surface area contributed by atoms with Gasteiger partial charge in [-0.2, -0.15) is 0 Å². The van der Waals surface area contributed by atoms with E-state index in [-0.39, 0.29) is 5.91 Å². The maximum atomic E-state index is 11.8. The minimum atomic E-state index is -0.394. The summed E-state index contributed by atoms with van der Waals surface area (Å²) in [6.45, 7) is 6.50. The van der Waals surface area contributed by atoms with Crippen LogP contribution in [0.4, 0.5) is 11.6 Å². The van der Waals surface area contributed by atoms with Crippen molar-refractivity contribution >= 4 is 33.5 Å². The van der Waals surface area contributed by atoms with E-state index in [1.807, 2.05) is 13.8 Å². The van der Waals surface area contributed by atoms with Gasteiger partial charge in [-0.3, -0.25) is 4.79 Å². The lowest BCUT2D eigenvalue weighted by molar-refractivity contribution is -0.121. The molecule has 1 aromatic heterocycles. The van der Waals surface area contributed by atoms with Gasteiger partial charge >= 0.3 is 0 Å². The molecule has 1 atom stereocenters. The summed E-state index contributed by atoms with van der Waals surface area (Å²) in [5.74, 6) is 1.19. The smallest absolute Gasteiger partial charge is 0.242 e. The Labute approximate surface area is 115 Å². The first-order chi connectivity index (χ1) is 8.41. The Hall–Kier alpha value is -1.37. The van der Waals surface area contributed by atoms with Crippen LogP contribution in [0, 0.1) is 5.92 Å². The van der Waals surface area contributed by atoms with Gasteiger partial charge in [0.15, 0.2) is 0 Å². The molecule has 0 spiro atoms. The molecule has 0 aliphatic heterocycles. The molecule has 1 heterocycles. The molecule has 4 N–H and O–H groups in total. The Bertz CT molecular complexity index is 424. The van der Waals surface area contributed by atoms with Crippen LogP contribution >= 0.6 is 15.9 Å². The van der Waals surface area contributed by atoms with E-state index in [1.54, 1.807) is 6.92 Å². The first-order valence-electron chi connectivity index (χ1n) is 5.72. The highest BCUT2D eigenvalue weighted by Gasteiger charge is 2.15. The number of hydrogen-bond acceptors (Lipinski definition) is 5. The number of nitrogens with one attached hydrogen (secondary N) is 2. The third kappa shape index (κ3) is 4.14. The second kappa shape index (κ2) is 6.53. The number of aromatic nitrogens is 2. The second-order valence-corrected chi connectivity index (χ2v) is 5.22. The van der Waals surface area contributed by atoms with Crippen molar-refractivity contribution in [2.75, 3.05) is 17.6 Å². The average Bonchev–Trinajstić information content (AvgIpc) is 2.31. The highest BCUT2D eigenvalue weighted by molar-refractivity contribution is 9.10. The second-order valence-electron chi connectivity index (χ2n) is 4.43. The summed E-state index contributed by atoms with van der Waals surface area (Å²) in [6, 6.07) is -0.394. The fourth-order valence-electron chi connectivity index (χ4n) is 1.21. The van der Waals surface area contributed by atoms with Gasteiger partial charge in [0.05, 0.1) is 0 Å². The Morgan fingerprint density at radius 3 is 2.72 bits per heavy atom. The molecule has 0 aromatic carbocycles. The van der Waals surface area contributed by atoms with Crippen LogP contribution in [-0.2, 0) is 4.79 Å². The van der Waals surface area contributed by atoms with Gasteiger partial charge in [0.25, 0.3) is 0 Å². The van der Waals surface area contributed by atoms with Gasteiger partial charge in [0, 0.05) is 6.54 Å². The number of anilines is 2. The average molecular weight is 316 g/mol. The number of carbonyl (C=O) groups is 1. The molecule has 0 fully saturated rings. The van der Waals surface area contributed by atoms with Crippen LogP contribution in [0.2, 0.25) is 0 Å². The Morgan fingerprint density at radius 2 is 2.11 bits per heavy atom. The number of carbonyl (C=O) groups excluding carboxylic acids is 1. The molecule has 100 valence electrons. The molecule has 0 bridgehead atoms. The predicted octanol–water partition coefficient (Wildman–Crippen LogP) is 1.39. The number of nitrogens with two attached hydrogens (primary N) is 1. The van der Waals surface area contributed by atoms with E-state index in [0.717, 1.165) is 0 Å². The number of rotatable bonds is 5. The van der Waals surface area contributed by atoms with Gasteiger partial charge in [0.2, 0.25) is 5.91 Å². The fourth-order valence-corrected chi connectivity index (χ4v) is 1.53. The Balaban J connectivity index is 2.61. The zero-order valence-electron chi connectivity index (χ0n) is 10.7. The van der Waals surface area contributed by atoms with Crippen molar-refractivity contribution < 1.29 is 4.79 Å². The van der Waals surface area contributed by atoms with Crippen molar-refractivity contribution in [2.24, 2.45) is 5.92 Å². The van der Waals surface area contributed by atoms with Crippen LogP contribution in [0.1, 0.15) is 20.8 Å². The molecule has 0 aliphatic carbocycles. The van der Waals surface area contributed by atoms with Gasteiger partial charge in [0.1, 0.15) is 28.5 Å². The van der Waals surface area contributed by atoms with Crippen LogP contribution in [-0.4, -0.2) is 28.5 Å². The van der Waals surface area contributed by atoms with Crippen LogP contribution in [0.5, 0.6) is 0 Å². The van der Waals surface area contributed by atoms with Crippen molar-refractivity contribution in [2.45, 2.75) is 26.8 Å². The summed E-state index contributed by atoms with van der Waals surface area (Å²) >= 11 is 3.28. The summed E-state index contributed by atoms with van der Waals surface area (Å²) in [6.07, 6.45) is 1.35. The molecule has 1 rings (SSSR count). The zero-order chi connectivity index (χ0) is 13.7. The molecule has 7 heteroatoms. The molecule has 0 radical (unpaired) electrons. The summed E-state index contributed by atoms with van der Waals surface area (Å²) < 4.78 is 0.563. The molecule has 6 nitrogen and oxygen atoms in total. The van der Waals surface area contributed by atoms with Gasteiger partial charge in [-0.15, -0.1) is 0 Å². The molecule has 0 aliphatic rings. The highest BCUT2D eigenvalue weighted by Crippen LogP contribution is 2.24. The van der Waals surface area contributed by atoms with Crippen molar-refractivity contribution in [3.8, 4) is 0 Å². The predicted molar refractivity (Wildman–Crippen MR) is 75.1 cm³/mol. The maximum Gasteiger partial charge on any atom is 0.242 e. The van der Waals surface area contributed by atoms with Gasteiger partial charge in [-0.05, 0) is 28.8 Å². The first-order valence-corrected chi connectivity index (χ1v) is 6.51. The standard InChI is InChI=1S/C11H18BrN5O/c1-6(2)4-14-11(18)7(3)17-10-8(12)9(13)15-5-16-10/h5-7H,4H2,1-3H3,(H,14,18)(H3,13,15,16,17). The summed E-state index contributed by atoms with van der Waals surface area (Å²) in [4.78, 5) is 19.6. The number of amides is 1. The van der Waals surface area contributed by atoms with Crippen molar-refractivity contribution in [1.82, 2.24) is 15.3 Å². The van der Waals surface area contributed by atoms with E-state index < -0.39 is 6.04 Å². The number of hydrogen-bond donors (Lipinski definition) is 3. The molecule has 18 heavy (non-hydrogen) atoms. The molecule has 1 unspecified atom stereocenters. The van der Waals surface area contributed by atoms with E-state index in [9.17, 15) is 4.79 Å². The largest absolute Gasteiger partial charge is 0.383 e. The number of halogens is 1. The highest BCUT2D eigenvalue weighted by atomic mass is 79.9. The summed E-state index contributed by atoms with van der Waals surface area (Å²) in [5.41, 5.74) is 5.63. The van der Waals surface area contributed by atoms with Crippen molar-refractivity contribution in [3.05, 3.63) is 10.8 Å². The van der Waals surface area contributed by atoms with Crippen LogP contribution in [0.25, 0.3) is 0 Å². The minimum Gasteiger partial charge on any atom is -0.383 e. The van der Waals surface area contributed by atoms with Crippen molar-refractivity contribution in [3.63, 3.8) is 0 Å². The van der Waals surface area contributed by atoms with Crippen LogP contribution in [0.3, 0.4) is 0 Å². The Morgan fingerprint density at radius 1 is 1.44 bits per heavy atom. The quantitative estimate of drug-likeness (QED) is 0.763. The van der Waals surface area contributed by atoms with E-state index in [0.29, 0.717) is 28.6 Å². The summed E-state index contributed by atoms with van der Waals surface area (Å²) in [5, 5.41) is 5.83. The first kappa shape index (κ1) is 14.7. The van der Waals surface area contributed by atoms with E-state index in [2.05, 4.69) is 36.5 Å². The SMILES string of the molecule is CC(C)CNC(=O)C(C)Nc1ncnc(N)c1Br. The number of nitrogen functional groups attached to an aromatic ring is 1. The van der Waals surface area contributed by atoms with Gasteiger partial charge in [-0.1, -0.05) is 13.8 Å². The minimum absolute atomic E-state index is 0.0761. The van der Waals surface area contributed by atoms with Gasteiger partial charge in [-0.25, -0.2) is 9.97 Å². The molecule has 0 saturated heterocycles. The van der Waals surface area contributed by atoms with Crippen LogP contribution < -0.4 is 16.4 Å². The van der Waals surface area contributed by atoms with Crippen molar-refractivity contribution in [1.29, 1.82) is 0 Å². The van der Waals surface area contributed by atoms with E-state index >= 15 is 0 Å². The molecular weight excluding hydrogens is 298 g/mol. The third-order valence-corrected chi connectivity index (χ3v) is 3.03. The maximum absolute atomic E-state index is 11.8. The normalized spacial score (nSPS) is 12.3. The monoisotopic (exact) mass is 315 g/mol. The molecule has 1 aromatic rings. The third-order valence-electron chi connectivity index (χ3n) is 2.25. The lowest BCUT2D eigenvalue weighted by Crippen LogP contribution is -2.39. The molecule has 0 saturated carbocycles. The fraction of sp³-hybridized carbons (Fsp3) is 0.545. The lowest BCUT2D eigenvalue weighted by Gasteiger charge is -2.16. The lowest BCUT2D eigenvalue weighted by atomic mass is 10.2. The number of nitrogens with zero attached hydrogens (tertiary/aromatic N) is 2. The molecule has 1 amide bonds. The zero-order valence-corrected chi connectivity index (χ0v) is 12.3. The van der Waals surface area contributed by atoms with Crippen LogP contribution in [0.15, 0.2) is 10.8 Å². The Kier molecular flexibility index (Phi) is 5.33. The summed E-state index contributed by atoms with van der Waals surface area (Å²) in [7, 11) is 0. The molecular formula is C11H18BrN5O.